The maximum absolute atomic E-state index is 5.27. The SMILES string of the molecule is C[CH2][Al][O]C(C)C. The molecule has 0 aromatic heterocycles. The third-order valence-corrected chi connectivity index (χ3v) is 1.61. The van der Waals surface area contributed by atoms with Gasteiger partial charge in [0.2, 0.25) is 0 Å². The van der Waals surface area contributed by atoms with Gasteiger partial charge in [0.25, 0.3) is 0 Å². The highest BCUT2D eigenvalue weighted by Crippen LogP contribution is 1.85. The molecule has 0 bridgehead atoms. The van der Waals surface area contributed by atoms with E-state index in [1.54, 1.807) is 0 Å². The summed E-state index contributed by atoms with van der Waals surface area (Å²) < 4.78 is 5.27. The molecule has 0 aliphatic heterocycles. The van der Waals surface area contributed by atoms with E-state index in [4.69, 9.17) is 3.79 Å². The van der Waals surface area contributed by atoms with Gasteiger partial charge in [-0.15, -0.1) is 0 Å². The molecule has 7 heavy (non-hydrogen) atoms. The van der Waals surface area contributed by atoms with E-state index in [-0.39, 0.29) is 15.6 Å². The lowest BCUT2D eigenvalue weighted by molar-refractivity contribution is 0.256. The van der Waals surface area contributed by atoms with Crippen LogP contribution >= 0.6 is 0 Å². The Labute approximate surface area is 52.1 Å². The molecule has 0 N–H and O–H groups in total. The van der Waals surface area contributed by atoms with Gasteiger partial charge in [0.15, 0.2) is 0 Å². The lowest BCUT2D eigenvalue weighted by atomic mass is 10.5. The summed E-state index contributed by atoms with van der Waals surface area (Å²) in [6, 6.07) is 0. The Balaban J connectivity index is 2.68. The van der Waals surface area contributed by atoms with Gasteiger partial charge in [-0.2, -0.15) is 0 Å². The molecule has 0 amide bonds. The van der Waals surface area contributed by atoms with Crippen molar-refractivity contribution in [2.45, 2.75) is 32.2 Å². The molecule has 2 heteroatoms. The van der Waals surface area contributed by atoms with Crippen molar-refractivity contribution in [2.75, 3.05) is 0 Å². The molecule has 0 unspecified atom stereocenters. The Kier molecular flexibility index (Phi) is 4.97. The van der Waals surface area contributed by atoms with Crippen LogP contribution in [0.1, 0.15) is 20.8 Å². The molecule has 0 rings (SSSR count). The van der Waals surface area contributed by atoms with E-state index in [2.05, 4.69) is 20.8 Å². The van der Waals surface area contributed by atoms with Crippen molar-refractivity contribution in [2.24, 2.45) is 0 Å². The van der Waals surface area contributed by atoms with Crippen LogP contribution < -0.4 is 0 Å². The van der Waals surface area contributed by atoms with Crippen LogP contribution in [0.3, 0.4) is 0 Å². The summed E-state index contributed by atoms with van der Waals surface area (Å²) in [7, 11) is 0. The Hall–Kier alpha value is 0.492. The molecule has 0 aromatic rings. The Morgan fingerprint density at radius 3 is 2.29 bits per heavy atom. The van der Waals surface area contributed by atoms with Crippen LogP contribution in [0.2, 0.25) is 5.28 Å². The fourth-order valence-corrected chi connectivity index (χ4v) is 0.866. The first-order chi connectivity index (χ1) is 3.27. The molecule has 0 fully saturated rings. The van der Waals surface area contributed by atoms with Gasteiger partial charge in [0, 0.05) is 6.10 Å². The zero-order chi connectivity index (χ0) is 5.70. The van der Waals surface area contributed by atoms with Crippen LogP contribution in [0.5, 0.6) is 0 Å². The number of rotatable bonds is 3. The van der Waals surface area contributed by atoms with E-state index < -0.39 is 0 Å². The van der Waals surface area contributed by atoms with E-state index in [1.807, 2.05) is 0 Å². The van der Waals surface area contributed by atoms with Crippen molar-refractivity contribution in [3.8, 4) is 0 Å². The van der Waals surface area contributed by atoms with Gasteiger partial charge in [-0.3, -0.25) is 0 Å². The summed E-state index contributed by atoms with van der Waals surface area (Å²) in [5.74, 6) is 0. The highest BCUT2D eigenvalue weighted by atomic mass is 27.1. The summed E-state index contributed by atoms with van der Waals surface area (Å²) in [4.78, 5) is 0. The Morgan fingerprint density at radius 1 is 1.57 bits per heavy atom. The van der Waals surface area contributed by atoms with Crippen molar-refractivity contribution in [1.29, 1.82) is 0 Å². The number of hydrogen-bond donors (Lipinski definition) is 0. The second kappa shape index (κ2) is 4.65. The summed E-state index contributed by atoms with van der Waals surface area (Å²) in [6.07, 6.45) is 0.440. The minimum atomic E-state index is 0.285. The molecule has 0 saturated heterocycles. The fraction of sp³-hybridized carbons (Fsp3) is 1.00. The maximum Gasteiger partial charge on any atom is 0.423 e. The van der Waals surface area contributed by atoms with Gasteiger partial charge in [-0.25, -0.2) is 0 Å². The quantitative estimate of drug-likeness (QED) is 0.506. The summed E-state index contributed by atoms with van der Waals surface area (Å²) >= 11 is 0.285. The summed E-state index contributed by atoms with van der Waals surface area (Å²) in [6.45, 7) is 6.29. The second-order valence-corrected chi connectivity index (χ2v) is 3.18. The third kappa shape index (κ3) is 6.49. The smallest absolute Gasteiger partial charge is 0.423 e. The first-order valence-corrected chi connectivity index (χ1v) is 4.03. The van der Waals surface area contributed by atoms with Crippen LogP contribution in [0.25, 0.3) is 0 Å². The fourth-order valence-electron chi connectivity index (χ4n) is 0.289. The van der Waals surface area contributed by atoms with Gasteiger partial charge < -0.3 is 3.79 Å². The van der Waals surface area contributed by atoms with E-state index in [0.717, 1.165) is 0 Å². The van der Waals surface area contributed by atoms with Crippen molar-refractivity contribution < 1.29 is 3.79 Å². The monoisotopic (exact) mass is 115 g/mol. The van der Waals surface area contributed by atoms with Gasteiger partial charge in [0.05, 0.1) is 0 Å². The lowest BCUT2D eigenvalue weighted by Crippen LogP contribution is -2.05. The highest BCUT2D eigenvalue weighted by Gasteiger charge is 1.91. The molecular formula is C5H12AlO. The molecule has 0 aliphatic rings. The highest BCUT2D eigenvalue weighted by molar-refractivity contribution is 6.26. The molecule has 0 saturated carbocycles. The van der Waals surface area contributed by atoms with Crippen LogP contribution in [-0.2, 0) is 3.79 Å². The van der Waals surface area contributed by atoms with Crippen LogP contribution in [0.4, 0.5) is 0 Å². The molecular weight excluding hydrogens is 103 g/mol. The van der Waals surface area contributed by atoms with Gasteiger partial charge in [0.1, 0.15) is 0 Å². The topological polar surface area (TPSA) is 9.23 Å². The normalized spacial score (nSPS) is 9.71. The second-order valence-electron chi connectivity index (χ2n) is 1.76. The first-order valence-electron chi connectivity index (χ1n) is 2.74. The van der Waals surface area contributed by atoms with E-state index in [0.29, 0.717) is 6.10 Å². The van der Waals surface area contributed by atoms with Gasteiger partial charge in [-0.05, 0) is 13.8 Å². The number of hydrogen-bond acceptors (Lipinski definition) is 1. The molecule has 1 radical (unpaired) electrons. The van der Waals surface area contributed by atoms with Crippen molar-refractivity contribution in [3.05, 3.63) is 0 Å². The largest absolute Gasteiger partial charge is 0.505 e. The average Bonchev–Trinajstić information content (AvgIpc) is 1.61. The Bertz CT molecular complexity index is 37.1. The molecule has 0 aromatic carbocycles. The summed E-state index contributed by atoms with van der Waals surface area (Å²) in [5.41, 5.74) is 0. The third-order valence-electron chi connectivity index (χ3n) is 0.535. The minimum absolute atomic E-state index is 0.285. The average molecular weight is 115 g/mol. The van der Waals surface area contributed by atoms with Crippen LogP contribution in [-0.4, -0.2) is 21.7 Å². The van der Waals surface area contributed by atoms with Crippen molar-refractivity contribution in [3.63, 3.8) is 0 Å². The Morgan fingerprint density at radius 2 is 2.14 bits per heavy atom. The first kappa shape index (κ1) is 7.49. The predicted octanol–water partition coefficient (Wildman–Crippen LogP) is 1.47. The van der Waals surface area contributed by atoms with Crippen LogP contribution in [0, 0.1) is 0 Å². The maximum atomic E-state index is 5.27. The van der Waals surface area contributed by atoms with Crippen molar-refractivity contribution >= 4 is 15.6 Å². The summed E-state index contributed by atoms with van der Waals surface area (Å²) in [5, 5.41) is 1.21. The molecule has 1 nitrogen and oxygen atoms in total. The predicted molar refractivity (Wildman–Crippen MR) is 32.5 cm³/mol. The lowest BCUT2D eigenvalue weighted by Gasteiger charge is -2.03. The molecule has 41 valence electrons. The zero-order valence-corrected chi connectivity index (χ0v) is 6.42. The van der Waals surface area contributed by atoms with Gasteiger partial charge in [-0.1, -0.05) is 12.2 Å². The van der Waals surface area contributed by atoms with Crippen LogP contribution in [0.15, 0.2) is 0 Å². The minimum Gasteiger partial charge on any atom is -0.505 e. The van der Waals surface area contributed by atoms with E-state index in [1.165, 1.54) is 5.28 Å². The van der Waals surface area contributed by atoms with Gasteiger partial charge >= 0.3 is 15.6 Å². The standard InChI is InChI=1S/C3H7O.C2H5.Al/c1-3(2)4;1-2;/h3H,1-2H3;1H2,2H3;/q-1;;+1. The van der Waals surface area contributed by atoms with E-state index >= 15 is 0 Å². The molecule has 0 heterocycles. The molecule has 0 atom stereocenters. The molecule has 0 spiro atoms. The zero-order valence-electron chi connectivity index (χ0n) is 5.27. The van der Waals surface area contributed by atoms with E-state index in [9.17, 15) is 0 Å². The van der Waals surface area contributed by atoms with Crippen molar-refractivity contribution in [1.82, 2.24) is 0 Å². The molecule has 0 aliphatic carbocycles.